The van der Waals surface area contributed by atoms with Crippen LogP contribution in [0.2, 0.25) is 0 Å². The number of aromatic nitrogens is 1. The molecule has 34 heavy (non-hydrogen) atoms. The number of hydrogen-bond acceptors (Lipinski definition) is 8. The molecule has 1 N–H and O–H groups in total. The summed E-state index contributed by atoms with van der Waals surface area (Å²) in [5.41, 5.74) is 1.12. The van der Waals surface area contributed by atoms with Crippen molar-refractivity contribution >= 4 is 38.7 Å². The van der Waals surface area contributed by atoms with E-state index in [0.29, 0.717) is 30.0 Å². The lowest BCUT2D eigenvalue weighted by molar-refractivity contribution is -0.153. The van der Waals surface area contributed by atoms with Gasteiger partial charge in [0, 0.05) is 18.8 Å². The highest BCUT2D eigenvalue weighted by atomic mass is 32.2. The average Bonchev–Trinajstić information content (AvgIpc) is 3.14. The van der Waals surface area contributed by atoms with Gasteiger partial charge in [0.15, 0.2) is 11.7 Å². The minimum atomic E-state index is -3.65. The van der Waals surface area contributed by atoms with Gasteiger partial charge in [-0.3, -0.25) is 14.2 Å². The van der Waals surface area contributed by atoms with Crippen molar-refractivity contribution in [3.63, 3.8) is 0 Å². The standard InChI is InChI=1S/C22H23N3O8S/c1-15(32-20(26)14-25-18-4-2-3-5-19(18)33-22(25)28)21(27)23-16-6-8-17(9-7-16)34(29,30)24-10-12-31-13-11-24/h2-9,15H,10-14H2,1H3,(H,23,27). The zero-order chi connectivity index (χ0) is 24.3. The number of nitrogens with one attached hydrogen (secondary N) is 1. The highest BCUT2D eigenvalue weighted by Gasteiger charge is 2.26. The minimum Gasteiger partial charge on any atom is -0.451 e. The molecule has 0 aliphatic carbocycles. The summed E-state index contributed by atoms with van der Waals surface area (Å²) in [7, 11) is -3.65. The van der Waals surface area contributed by atoms with Crippen molar-refractivity contribution in [2.75, 3.05) is 31.6 Å². The maximum Gasteiger partial charge on any atom is 0.420 e. The van der Waals surface area contributed by atoms with Gasteiger partial charge in [0.2, 0.25) is 10.0 Å². The summed E-state index contributed by atoms with van der Waals surface area (Å²) in [4.78, 5) is 36.8. The molecule has 1 unspecified atom stereocenters. The number of amides is 1. The van der Waals surface area contributed by atoms with Crippen LogP contribution in [-0.4, -0.2) is 61.6 Å². The van der Waals surface area contributed by atoms with Gasteiger partial charge in [0.1, 0.15) is 6.54 Å². The molecule has 0 spiro atoms. The Morgan fingerprint density at radius 1 is 1.09 bits per heavy atom. The van der Waals surface area contributed by atoms with Crippen molar-refractivity contribution < 1.29 is 31.9 Å². The molecule has 1 atom stereocenters. The predicted molar refractivity (Wildman–Crippen MR) is 121 cm³/mol. The van der Waals surface area contributed by atoms with Crippen molar-refractivity contribution in [1.82, 2.24) is 8.87 Å². The maximum absolute atomic E-state index is 12.7. The smallest absolute Gasteiger partial charge is 0.420 e. The largest absolute Gasteiger partial charge is 0.451 e. The number of oxazole rings is 1. The molecule has 180 valence electrons. The summed E-state index contributed by atoms with van der Waals surface area (Å²) in [6, 6.07) is 12.3. The Bertz CT molecular complexity index is 1350. The first-order valence-corrected chi connectivity index (χ1v) is 12.0. The van der Waals surface area contributed by atoms with Gasteiger partial charge >= 0.3 is 11.7 Å². The minimum absolute atomic E-state index is 0.102. The number of benzene rings is 2. The van der Waals surface area contributed by atoms with Crippen LogP contribution in [-0.2, 0) is 35.6 Å². The zero-order valence-corrected chi connectivity index (χ0v) is 19.1. The molecule has 2 heterocycles. The van der Waals surface area contributed by atoms with Crippen molar-refractivity contribution in [1.29, 1.82) is 0 Å². The molecule has 0 radical (unpaired) electrons. The van der Waals surface area contributed by atoms with E-state index in [1.165, 1.54) is 35.5 Å². The number of carbonyl (C=O) groups is 2. The van der Waals surface area contributed by atoms with Crippen LogP contribution in [0.5, 0.6) is 0 Å². The Labute approximate surface area is 194 Å². The fraction of sp³-hybridized carbons (Fsp3) is 0.318. The first-order chi connectivity index (χ1) is 16.3. The Morgan fingerprint density at radius 2 is 1.76 bits per heavy atom. The number of hydrogen-bond donors (Lipinski definition) is 1. The number of anilines is 1. The van der Waals surface area contributed by atoms with Gasteiger partial charge in [-0.25, -0.2) is 13.2 Å². The number of ether oxygens (including phenoxy) is 2. The van der Waals surface area contributed by atoms with Crippen molar-refractivity contribution in [2.24, 2.45) is 0 Å². The molecule has 4 rings (SSSR count). The summed E-state index contributed by atoms with van der Waals surface area (Å²) < 4.78 is 43.2. The fourth-order valence-electron chi connectivity index (χ4n) is 3.47. The van der Waals surface area contributed by atoms with Gasteiger partial charge in [-0.15, -0.1) is 0 Å². The predicted octanol–water partition coefficient (Wildman–Crippen LogP) is 1.19. The van der Waals surface area contributed by atoms with Crippen molar-refractivity contribution in [3.05, 3.63) is 59.1 Å². The summed E-state index contributed by atoms with van der Waals surface area (Å²) in [6.07, 6.45) is -1.15. The van der Waals surface area contributed by atoms with E-state index in [4.69, 9.17) is 13.9 Å². The van der Waals surface area contributed by atoms with Crippen molar-refractivity contribution in [2.45, 2.75) is 24.5 Å². The van der Waals surface area contributed by atoms with Gasteiger partial charge in [-0.1, -0.05) is 12.1 Å². The second kappa shape index (κ2) is 9.79. The second-order valence-electron chi connectivity index (χ2n) is 7.58. The first-order valence-electron chi connectivity index (χ1n) is 10.5. The molecule has 2 aromatic carbocycles. The summed E-state index contributed by atoms with van der Waals surface area (Å²) in [5, 5.41) is 2.57. The fourth-order valence-corrected chi connectivity index (χ4v) is 4.88. The van der Waals surface area contributed by atoms with Gasteiger partial charge in [-0.05, 0) is 43.3 Å². The first kappa shape index (κ1) is 23.7. The summed E-state index contributed by atoms with van der Waals surface area (Å²) in [6.45, 7) is 2.22. The van der Waals surface area contributed by atoms with Crippen LogP contribution in [0.15, 0.2) is 62.6 Å². The van der Waals surface area contributed by atoms with Gasteiger partial charge in [0.25, 0.3) is 5.91 Å². The molecule has 3 aromatic rings. The molecule has 1 aromatic heterocycles. The van der Waals surface area contributed by atoms with Crippen LogP contribution >= 0.6 is 0 Å². The molecule has 1 amide bonds. The third kappa shape index (κ3) is 5.03. The quantitative estimate of drug-likeness (QED) is 0.489. The molecule has 1 aliphatic rings. The SMILES string of the molecule is CC(OC(=O)Cn1c(=O)oc2ccccc21)C(=O)Nc1ccc(S(=O)(=O)N2CCOCC2)cc1. The van der Waals surface area contributed by atoms with Crippen molar-refractivity contribution in [3.8, 4) is 0 Å². The summed E-state index contributed by atoms with van der Waals surface area (Å²) in [5.74, 6) is -2.10. The van der Waals surface area contributed by atoms with Crippen LogP contribution in [0.1, 0.15) is 6.92 Å². The number of esters is 1. The Morgan fingerprint density at radius 3 is 2.47 bits per heavy atom. The molecule has 1 aliphatic heterocycles. The van der Waals surface area contributed by atoms with E-state index in [2.05, 4.69) is 5.32 Å². The number of para-hydroxylation sites is 2. The average molecular weight is 490 g/mol. The zero-order valence-electron chi connectivity index (χ0n) is 18.3. The molecule has 12 heteroatoms. The van der Waals surface area contributed by atoms with E-state index in [0.717, 1.165) is 4.57 Å². The van der Waals surface area contributed by atoms with Crippen LogP contribution in [0.4, 0.5) is 5.69 Å². The van der Waals surface area contributed by atoms with E-state index in [1.807, 2.05) is 0 Å². The molecule has 11 nitrogen and oxygen atoms in total. The van der Waals surface area contributed by atoms with E-state index in [1.54, 1.807) is 24.3 Å². The molecular formula is C22H23N3O8S. The molecule has 1 fully saturated rings. The second-order valence-corrected chi connectivity index (χ2v) is 9.52. The Hall–Kier alpha value is -3.48. The lowest BCUT2D eigenvalue weighted by atomic mass is 10.3. The van der Waals surface area contributed by atoms with E-state index in [-0.39, 0.29) is 18.0 Å². The number of nitrogens with zero attached hydrogens (tertiary/aromatic N) is 2. The number of rotatable bonds is 7. The van der Waals surface area contributed by atoms with Gasteiger partial charge in [0.05, 0.1) is 23.6 Å². The normalized spacial score (nSPS) is 15.7. The van der Waals surface area contributed by atoms with Crippen LogP contribution in [0.25, 0.3) is 11.1 Å². The molecule has 0 bridgehead atoms. The van der Waals surface area contributed by atoms with Gasteiger partial charge < -0.3 is 19.2 Å². The maximum atomic E-state index is 12.7. The third-order valence-corrected chi connectivity index (χ3v) is 7.18. The highest BCUT2D eigenvalue weighted by Crippen LogP contribution is 2.20. The number of carbonyl (C=O) groups excluding carboxylic acids is 2. The Balaban J connectivity index is 1.35. The summed E-state index contributed by atoms with van der Waals surface area (Å²) >= 11 is 0. The molecule has 0 saturated carbocycles. The van der Waals surface area contributed by atoms with E-state index < -0.39 is 40.3 Å². The molecule has 1 saturated heterocycles. The Kier molecular flexibility index (Phi) is 6.82. The highest BCUT2D eigenvalue weighted by molar-refractivity contribution is 7.89. The van der Waals surface area contributed by atoms with Gasteiger partial charge in [-0.2, -0.15) is 4.31 Å². The number of fused-ring (bicyclic) bond motifs is 1. The monoisotopic (exact) mass is 489 g/mol. The topological polar surface area (TPSA) is 137 Å². The van der Waals surface area contributed by atoms with E-state index >= 15 is 0 Å². The molecular weight excluding hydrogens is 466 g/mol. The lowest BCUT2D eigenvalue weighted by Crippen LogP contribution is -2.40. The van der Waals surface area contributed by atoms with Crippen LogP contribution in [0.3, 0.4) is 0 Å². The van der Waals surface area contributed by atoms with Crippen LogP contribution in [0, 0.1) is 0 Å². The number of morpholine rings is 1. The third-order valence-electron chi connectivity index (χ3n) is 5.27. The lowest BCUT2D eigenvalue weighted by Gasteiger charge is -2.26. The van der Waals surface area contributed by atoms with E-state index in [9.17, 15) is 22.8 Å². The van der Waals surface area contributed by atoms with Crippen LogP contribution < -0.4 is 11.1 Å². The number of sulfonamides is 1.